The first kappa shape index (κ1) is 19.2. The molecule has 0 bridgehead atoms. The van der Waals surface area contributed by atoms with Crippen LogP contribution in [0.5, 0.6) is 5.75 Å². The number of ether oxygens (including phenoxy) is 1. The van der Waals surface area contributed by atoms with E-state index in [2.05, 4.69) is 25.3 Å². The van der Waals surface area contributed by atoms with Crippen LogP contribution in [0.25, 0.3) is 0 Å². The molecule has 0 aliphatic carbocycles. The standard InChI is InChI=1S/C19H26FN5O2/c1-3-26-18-5-4-15(12-17(18)20)13-22-19(21-2)25-9-7-24(8-10-25)14-16-6-11-27-23-16/h4-6,11-12H,3,7-10,13-14H2,1-2H3,(H,21,22). The summed E-state index contributed by atoms with van der Waals surface area (Å²) in [6, 6.07) is 6.93. The predicted molar refractivity (Wildman–Crippen MR) is 101 cm³/mol. The molecule has 2 heterocycles. The zero-order chi connectivity index (χ0) is 19.1. The molecule has 1 aromatic carbocycles. The zero-order valence-corrected chi connectivity index (χ0v) is 15.8. The summed E-state index contributed by atoms with van der Waals surface area (Å²) in [5.74, 6) is 0.770. The molecule has 1 N–H and O–H groups in total. The van der Waals surface area contributed by atoms with E-state index in [9.17, 15) is 4.39 Å². The van der Waals surface area contributed by atoms with Crippen LogP contribution in [0, 0.1) is 5.82 Å². The molecule has 1 saturated heterocycles. The number of aromatic nitrogens is 1. The molecule has 0 radical (unpaired) electrons. The van der Waals surface area contributed by atoms with Crippen LogP contribution in [-0.4, -0.2) is 60.7 Å². The first-order valence-corrected chi connectivity index (χ1v) is 9.18. The Kier molecular flexibility index (Phi) is 6.64. The van der Waals surface area contributed by atoms with Crippen molar-refractivity contribution in [1.29, 1.82) is 0 Å². The van der Waals surface area contributed by atoms with E-state index >= 15 is 0 Å². The van der Waals surface area contributed by atoms with E-state index in [0.29, 0.717) is 13.2 Å². The van der Waals surface area contributed by atoms with Gasteiger partial charge in [0.25, 0.3) is 0 Å². The Labute approximate surface area is 158 Å². The second-order valence-electron chi connectivity index (χ2n) is 6.35. The highest BCUT2D eigenvalue weighted by molar-refractivity contribution is 5.80. The number of nitrogens with zero attached hydrogens (tertiary/aromatic N) is 4. The molecule has 0 spiro atoms. The molecule has 0 saturated carbocycles. The lowest BCUT2D eigenvalue weighted by atomic mass is 10.2. The molecular formula is C19H26FN5O2. The van der Waals surface area contributed by atoms with Crippen LogP contribution in [0.2, 0.25) is 0 Å². The molecule has 0 amide bonds. The second kappa shape index (κ2) is 9.36. The average molecular weight is 375 g/mol. The molecule has 1 aromatic heterocycles. The molecule has 1 aliphatic heterocycles. The third-order valence-corrected chi connectivity index (χ3v) is 4.51. The minimum atomic E-state index is -0.340. The maximum atomic E-state index is 14.0. The smallest absolute Gasteiger partial charge is 0.194 e. The first-order chi connectivity index (χ1) is 13.2. The maximum absolute atomic E-state index is 14.0. The first-order valence-electron chi connectivity index (χ1n) is 9.18. The van der Waals surface area contributed by atoms with E-state index in [-0.39, 0.29) is 11.6 Å². The number of hydrogen-bond acceptors (Lipinski definition) is 5. The van der Waals surface area contributed by atoms with Crippen molar-refractivity contribution in [2.75, 3.05) is 39.8 Å². The maximum Gasteiger partial charge on any atom is 0.194 e. The Morgan fingerprint density at radius 2 is 2.11 bits per heavy atom. The molecule has 8 heteroatoms. The molecule has 27 heavy (non-hydrogen) atoms. The number of halogens is 1. The van der Waals surface area contributed by atoms with Crippen molar-refractivity contribution in [2.45, 2.75) is 20.0 Å². The largest absolute Gasteiger partial charge is 0.491 e. The molecule has 146 valence electrons. The summed E-state index contributed by atoms with van der Waals surface area (Å²) in [7, 11) is 1.77. The van der Waals surface area contributed by atoms with Gasteiger partial charge in [-0.25, -0.2) is 4.39 Å². The van der Waals surface area contributed by atoms with E-state index in [1.54, 1.807) is 19.4 Å². The van der Waals surface area contributed by atoms with Crippen molar-refractivity contribution in [3.05, 3.63) is 47.6 Å². The highest BCUT2D eigenvalue weighted by Gasteiger charge is 2.20. The van der Waals surface area contributed by atoms with Crippen LogP contribution in [0.4, 0.5) is 4.39 Å². The minimum absolute atomic E-state index is 0.286. The van der Waals surface area contributed by atoms with Gasteiger partial charge in [-0.15, -0.1) is 0 Å². The summed E-state index contributed by atoms with van der Waals surface area (Å²) in [6.07, 6.45) is 1.60. The van der Waals surface area contributed by atoms with Crippen LogP contribution in [-0.2, 0) is 13.1 Å². The Morgan fingerprint density at radius 3 is 2.74 bits per heavy atom. The average Bonchev–Trinajstić information content (AvgIpc) is 3.19. The van der Waals surface area contributed by atoms with Gasteiger partial charge in [0.1, 0.15) is 6.26 Å². The lowest BCUT2D eigenvalue weighted by molar-refractivity contribution is 0.169. The summed E-state index contributed by atoms with van der Waals surface area (Å²) < 4.78 is 24.1. The summed E-state index contributed by atoms with van der Waals surface area (Å²) in [4.78, 5) is 8.91. The molecule has 0 atom stereocenters. The van der Waals surface area contributed by atoms with Crippen LogP contribution in [0.15, 0.2) is 40.0 Å². The number of guanidine groups is 1. The fraction of sp³-hybridized carbons (Fsp3) is 0.474. The molecule has 2 aromatic rings. The Balaban J connectivity index is 1.49. The number of hydrogen-bond donors (Lipinski definition) is 1. The van der Waals surface area contributed by atoms with Crippen molar-refractivity contribution in [1.82, 2.24) is 20.3 Å². The van der Waals surface area contributed by atoms with Crippen molar-refractivity contribution < 1.29 is 13.7 Å². The minimum Gasteiger partial charge on any atom is -0.491 e. The Hall–Kier alpha value is -2.61. The van der Waals surface area contributed by atoms with Crippen LogP contribution < -0.4 is 10.1 Å². The lowest BCUT2D eigenvalue weighted by Gasteiger charge is -2.36. The highest BCUT2D eigenvalue weighted by atomic mass is 19.1. The normalized spacial score (nSPS) is 15.8. The van der Waals surface area contributed by atoms with Gasteiger partial charge in [0.15, 0.2) is 17.5 Å². The number of piperazine rings is 1. The van der Waals surface area contributed by atoms with Gasteiger partial charge in [0.2, 0.25) is 0 Å². The fourth-order valence-corrected chi connectivity index (χ4v) is 3.11. The molecular weight excluding hydrogens is 349 g/mol. The monoisotopic (exact) mass is 375 g/mol. The molecule has 7 nitrogen and oxygen atoms in total. The summed E-state index contributed by atoms with van der Waals surface area (Å²) in [5, 5.41) is 7.28. The van der Waals surface area contributed by atoms with E-state index in [1.165, 1.54) is 6.07 Å². The molecule has 0 unspecified atom stereocenters. The third-order valence-electron chi connectivity index (χ3n) is 4.51. The summed E-state index contributed by atoms with van der Waals surface area (Å²) in [6.45, 7) is 7.17. The topological polar surface area (TPSA) is 66.1 Å². The van der Waals surface area contributed by atoms with Crippen molar-refractivity contribution in [2.24, 2.45) is 4.99 Å². The van der Waals surface area contributed by atoms with Crippen molar-refractivity contribution in [3.63, 3.8) is 0 Å². The number of aliphatic imine (C=N–C) groups is 1. The van der Waals surface area contributed by atoms with Crippen LogP contribution in [0.3, 0.4) is 0 Å². The fourth-order valence-electron chi connectivity index (χ4n) is 3.11. The van der Waals surface area contributed by atoms with Gasteiger partial charge < -0.3 is 19.5 Å². The lowest BCUT2D eigenvalue weighted by Crippen LogP contribution is -2.52. The SMILES string of the molecule is CCOc1ccc(CNC(=NC)N2CCN(Cc3ccon3)CC2)cc1F. The highest BCUT2D eigenvalue weighted by Crippen LogP contribution is 2.18. The van der Waals surface area contributed by atoms with Gasteiger partial charge in [0.05, 0.1) is 12.3 Å². The number of benzene rings is 1. The number of rotatable bonds is 6. The van der Waals surface area contributed by atoms with Gasteiger partial charge in [-0.3, -0.25) is 9.89 Å². The number of nitrogens with one attached hydrogen (secondary N) is 1. The second-order valence-corrected chi connectivity index (χ2v) is 6.35. The van der Waals surface area contributed by atoms with Gasteiger partial charge >= 0.3 is 0 Å². The predicted octanol–water partition coefficient (Wildman–Crippen LogP) is 2.11. The van der Waals surface area contributed by atoms with Crippen LogP contribution in [0.1, 0.15) is 18.2 Å². The molecule has 1 fully saturated rings. The Morgan fingerprint density at radius 1 is 1.30 bits per heavy atom. The van der Waals surface area contributed by atoms with E-state index in [0.717, 1.165) is 49.9 Å². The van der Waals surface area contributed by atoms with Gasteiger partial charge in [-0.05, 0) is 24.6 Å². The van der Waals surface area contributed by atoms with Gasteiger partial charge in [0, 0.05) is 52.4 Å². The van der Waals surface area contributed by atoms with Crippen molar-refractivity contribution >= 4 is 5.96 Å². The third kappa shape index (κ3) is 5.19. The van der Waals surface area contributed by atoms with Gasteiger partial charge in [-0.2, -0.15) is 0 Å². The molecule has 1 aliphatic rings. The Bertz CT molecular complexity index is 743. The van der Waals surface area contributed by atoms with Gasteiger partial charge in [-0.1, -0.05) is 11.2 Å². The molecule has 3 rings (SSSR count). The van der Waals surface area contributed by atoms with E-state index < -0.39 is 0 Å². The summed E-state index contributed by atoms with van der Waals surface area (Å²) >= 11 is 0. The van der Waals surface area contributed by atoms with E-state index in [4.69, 9.17) is 9.26 Å². The quantitative estimate of drug-likeness (QED) is 0.616. The van der Waals surface area contributed by atoms with Crippen molar-refractivity contribution in [3.8, 4) is 5.75 Å². The van der Waals surface area contributed by atoms with E-state index in [1.807, 2.05) is 19.1 Å². The summed E-state index contributed by atoms with van der Waals surface area (Å²) in [5.41, 5.74) is 1.80. The van der Waals surface area contributed by atoms with Crippen LogP contribution >= 0.6 is 0 Å². The zero-order valence-electron chi connectivity index (χ0n) is 15.8.